The lowest BCUT2D eigenvalue weighted by Gasteiger charge is -2.43. The van der Waals surface area contributed by atoms with Gasteiger partial charge in [-0.1, -0.05) is 12.2 Å². The van der Waals surface area contributed by atoms with E-state index in [-0.39, 0.29) is 5.54 Å². The van der Waals surface area contributed by atoms with Crippen LogP contribution < -0.4 is 5.73 Å². The van der Waals surface area contributed by atoms with Crippen molar-refractivity contribution in [3.63, 3.8) is 0 Å². The average molecular weight is 295 g/mol. The minimum atomic E-state index is -0.190. The maximum Gasteiger partial charge on any atom is 0.0928 e. The summed E-state index contributed by atoms with van der Waals surface area (Å²) in [6, 6.07) is 2.16. The molecule has 0 aliphatic carbocycles. The van der Waals surface area contributed by atoms with Crippen LogP contribution >= 0.6 is 12.2 Å². The van der Waals surface area contributed by atoms with Gasteiger partial charge in [-0.2, -0.15) is 5.10 Å². The molecule has 0 saturated carbocycles. The van der Waals surface area contributed by atoms with E-state index in [1.165, 1.54) is 5.69 Å². The van der Waals surface area contributed by atoms with Gasteiger partial charge >= 0.3 is 0 Å². The molecule has 1 aromatic rings. The normalized spacial score (nSPS) is 18.4. The molecule has 0 unspecified atom stereocenters. The standard InChI is InChI=1S/C14H25N5S/c1-11-9-12(17(4)16-11)10-18-5-7-19(8-6-18)14(2,3)13(15)20/h9H,5-8,10H2,1-4H3,(H2,15,20). The first-order chi connectivity index (χ1) is 9.30. The fourth-order valence-electron chi connectivity index (χ4n) is 2.66. The van der Waals surface area contributed by atoms with E-state index in [9.17, 15) is 0 Å². The maximum atomic E-state index is 5.85. The molecule has 6 heteroatoms. The van der Waals surface area contributed by atoms with Gasteiger partial charge in [-0.15, -0.1) is 0 Å². The van der Waals surface area contributed by atoms with Gasteiger partial charge in [-0.3, -0.25) is 14.5 Å². The van der Waals surface area contributed by atoms with E-state index < -0.39 is 0 Å². The molecule has 0 aromatic carbocycles. The van der Waals surface area contributed by atoms with E-state index in [0.29, 0.717) is 4.99 Å². The van der Waals surface area contributed by atoms with Crippen molar-refractivity contribution in [3.05, 3.63) is 17.5 Å². The molecule has 0 radical (unpaired) electrons. The Morgan fingerprint density at radius 1 is 1.35 bits per heavy atom. The molecule has 1 aromatic heterocycles. The van der Waals surface area contributed by atoms with Gasteiger partial charge in [0, 0.05) is 39.8 Å². The van der Waals surface area contributed by atoms with E-state index in [4.69, 9.17) is 18.0 Å². The molecule has 0 spiro atoms. The summed E-state index contributed by atoms with van der Waals surface area (Å²) in [6.45, 7) is 11.3. The fourth-order valence-corrected chi connectivity index (χ4v) is 2.79. The van der Waals surface area contributed by atoms with Crippen LogP contribution in [0.15, 0.2) is 6.07 Å². The Balaban J connectivity index is 1.92. The number of rotatable bonds is 4. The third-order valence-corrected chi connectivity index (χ3v) is 4.75. The largest absolute Gasteiger partial charge is 0.392 e. The van der Waals surface area contributed by atoms with E-state index in [0.717, 1.165) is 38.4 Å². The van der Waals surface area contributed by atoms with Gasteiger partial charge in [0.25, 0.3) is 0 Å². The number of thiocarbonyl (C=S) groups is 1. The number of aryl methyl sites for hydroxylation is 2. The highest BCUT2D eigenvalue weighted by Crippen LogP contribution is 2.18. The van der Waals surface area contributed by atoms with Crippen molar-refractivity contribution in [2.45, 2.75) is 32.9 Å². The van der Waals surface area contributed by atoms with Crippen LogP contribution in [-0.4, -0.2) is 56.3 Å². The maximum absolute atomic E-state index is 5.85. The smallest absolute Gasteiger partial charge is 0.0928 e. The van der Waals surface area contributed by atoms with Crippen molar-refractivity contribution < 1.29 is 0 Å². The first-order valence-corrected chi connectivity index (χ1v) is 7.48. The molecule has 1 fully saturated rings. The summed E-state index contributed by atoms with van der Waals surface area (Å²) in [4.78, 5) is 5.41. The minimum Gasteiger partial charge on any atom is -0.392 e. The molecule has 1 saturated heterocycles. The Morgan fingerprint density at radius 2 is 1.95 bits per heavy atom. The molecule has 2 rings (SSSR count). The van der Waals surface area contributed by atoms with Crippen LogP contribution in [0.4, 0.5) is 0 Å². The molecule has 0 bridgehead atoms. The fraction of sp³-hybridized carbons (Fsp3) is 0.714. The summed E-state index contributed by atoms with van der Waals surface area (Å²) in [5.74, 6) is 0. The van der Waals surface area contributed by atoms with Gasteiger partial charge in [-0.25, -0.2) is 0 Å². The van der Waals surface area contributed by atoms with Gasteiger partial charge in [0.05, 0.1) is 21.9 Å². The van der Waals surface area contributed by atoms with Crippen LogP contribution in [0.25, 0.3) is 0 Å². The summed E-state index contributed by atoms with van der Waals surface area (Å²) in [5, 5.41) is 4.40. The van der Waals surface area contributed by atoms with Crippen molar-refractivity contribution >= 4 is 17.2 Å². The first-order valence-electron chi connectivity index (χ1n) is 7.07. The third kappa shape index (κ3) is 3.19. The van der Waals surface area contributed by atoms with Gasteiger partial charge in [0.15, 0.2) is 0 Å². The summed E-state index contributed by atoms with van der Waals surface area (Å²) in [7, 11) is 2.01. The molecule has 5 nitrogen and oxygen atoms in total. The number of hydrogen-bond donors (Lipinski definition) is 1. The molecule has 2 N–H and O–H groups in total. The minimum absolute atomic E-state index is 0.190. The molecule has 112 valence electrons. The molecule has 1 aliphatic rings. The Morgan fingerprint density at radius 3 is 2.40 bits per heavy atom. The van der Waals surface area contributed by atoms with Crippen LogP contribution in [0.1, 0.15) is 25.2 Å². The second-order valence-electron chi connectivity index (χ2n) is 6.09. The lowest BCUT2D eigenvalue weighted by atomic mass is 10.0. The molecular weight excluding hydrogens is 270 g/mol. The van der Waals surface area contributed by atoms with Crippen molar-refractivity contribution in [1.82, 2.24) is 19.6 Å². The lowest BCUT2D eigenvalue weighted by Crippen LogP contribution is -2.59. The van der Waals surface area contributed by atoms with Gasteiger partial charge in [0.2, 0.25) is 0 Å². The van der Waals surface area contributed by atoms with E-state index in [2.05, 4.69) is 34.8 Å². The number of aromatic nitrogens is 2. The molecule has 0 atom stereocenters. The predicted molar refractivity (Wildman–Crippen MR) is 85.7 cm³/mol. The lowest BCUT2D eigenvalue weighted by molar-refractivity contribution is 0.0808. The third-order valence-electron chi connectivity index (χ3n) is 4.25. The molecule has 20 heavy (non-hydrogen) atoms. The van der Waals surface area contributed by atoms with E-state index in [1.807, 2.05) is 18.7 Å². The zero-order valence-electron chi connectivity index (χ0n) is 12.9. The van der Waals surface area contributed by atoms with Gasteiger partial charge in [-0.05, 0) is 26.8 Å². The summed E-state index contributed by atoms with van der Waals surface area (Å²) >= 11 is 5.18. The monoisotopic (exact) mass is 295 g/mol. The number of nitrogens with two attached hydrogens (primary N) is 1. The van der Waals surface area contributed by atoms with Crippen LogP contribution in [-0.2, 0) is 13.6 Å². The van der Waals surface area contributed by atoms with Crippen LogP contribution in [0, 0.1) is 6.92 Å². The second-order valence-corrected chi connectivity index (χ2v) is 6.53. The topological polar surface area (TPSA) is 50.3 Å². The van der Waals surface area contributed by atoms with Crippen LogP contribution in [0.3, 0.4) is 0 Å². The van der Waals surface area contributed by atoms with E-state index in [1.54, 1.807) is 0 Å². The quantitative estimate of drug-likeness (QED) is 0.837. The Kier molecular flexibility index (Phi) is 4.46. The molecule has 2 heterocycles. The molecule has 0 amide bonds. The zero-order chi connectivity index (χ0) is 14.9. The molecular formula is C14H25N5S. The van der Waals surface area contributed by atoms with E-state index >= 15 is 0 Å². The highest BCUT2D eigenvalue weighted by Gasteiger charge is 2.32. The average Bonchev–Trinajstić information content (AvgIpc) is 2.68. The predicted octanol–water partition coefficient (Wildman–Crippen LogP) is 0.911. The highest BCUT2D eigenvalue weighted by molar-refractivity contribution is 7.80. The van der Waals surface area contributed by atoms with Crippen LogP contribution in [0.5, 0.6) is 0 Å². The molecule has 1 aliphatic heterocycles. The van der Waals surface area contributed by atoms with Crippen molar-refractivity contribution in [2.24, 2.45) is 12.8 Å². The number of piperazine rings is 1. The highest BCUT2D eigenvalue weighted by atomic mass is 32.1. The number of nitrogens with zero attached hydrogens (tertiary/aromatic N) is 4. The van der Waals surface area contributed by atoms with Crippen molar-refractivity contribution in [2.75, 3.05) is 26.2 Å². The van der Waals surface area contributed by atoms with Crippen molar-refractivity contribution in [3.8, 4) is 0 Å². The summed E-state index contributed by atoms with van der Waals surface area (Å²) < 4.78 is 1.97. The zero-order valence-corrected chi connectivity index (χ0v) is 13.7. The van der Waals surface area contributed by atoms with Gasteiger partial charge < -0.3 is 5.73 Å². The Hall–Kier alpha value is -0.980. The van der Waals surface area contributed by atoms with Crippen LogP contribution in [0.2, 0.25) is 0 Å². The Labute approximate surface area is 126 Å². The SMILES string of the molecule is Cc1cc(CN2CCN(C(C)(C)C(N)=S)CC2)n(C)n1. The Bertz CT molecular complexity index is 486. The second kappa shape index (κ2) is 5.79. The van der Waals surface area contributed by atoms with Gasteiger partial charge in [0.1, 0.15) is 0 Å². The summed E-state index contributed by atoms with van der Waals surface area (Å²) in [5.41, 5.74) is 8.00. The number of hydrogen-bond acceptors (Lipinski definition) is 4. The first kappa shape index (κ1) is 15.4. The summed E-state index contributed by atoms with van der Waals surface area (Å²) in [6.07, 6.45) is 0. The van der Waals surface area contributed by atoms with Crippen molar-refractivity contribution in [1.29, 1.82) is 0 Å².